The number of rotatable bonds is 6. The first-order valence-corrected chi connectivity index (χ1v) is 7.63. The second kappa shape index (κ2) is 6.67. The summed E-state index contributed by atoms with van der Waals surface area (Å²) in [5.41, 5.74) is 2.31. The fourth-order valence-electron chi connectivity index (χ4n) is 1.52. The molecule has 1 N–H and O–H groups in total. The molecule has 0 aliphatic carbocycles. The fraction of sp³-hybridized carbons (Fsp3) is 0.727. The van der Waals surface area contributed by atoms with Gasteiger partial charge in [0, 0.05) is 24.9 Å². The van der Waals surface area contributed by atoms with Gasteiger partial charge in [0.25, 0.3) is 0 Å². The minimum Gasteiger partial charge on any atom is -0.310 e. The summed E-state index contributed by atoms with van der Waals surface area (Å²) in [4.78, 5) is 0. The third-order valence-electron chi connectivity index (χ3n) is 2.58. The van der Waals surface area contributed by atoms with Crippen molar-refractivity contribution < 1.29 is 0 Å². The van der Waals surface area contributed by atoms with Crippen LogP contribution in [0.4, 0.5) is 0 Å². The molecule has 1 atom stereocenters. The van der Waals surface area contributed by atoms with Gasteiger partial charge in [-0.2, -0.15) is 16.9 Å². The van der Waals surface area contributed by atoms with Crippen LogP contribution >= 0.6 is 27.7 Å². The maximum absolute atomic E-state index is 4.47. The van der Waals surface area contributed by atoms with Gasteiger partial charge in [0.1, 0.15) is 0 Å². The molecular weight excluding hydrogens is 286 g/mol. The first kappa shape index (κ1) is 14.1. The van der Waals surface area contributed by atoms with E-state index in [0.29, 0.717) is 5.25 Å². The summed E-state index contributed by atoms with van der Waals surface area (Å²) >= 11 is 5.48. The van der Waals surface area contributed by atoms with Gasteiger partial charge in [0.05, 0.1) is 15.9 Å². The van der Waals surface area contributed by atoms with Crippen molar-refractivity contribution in [3.8, 4) is 0 Å². The molecule has 0 aromatic carbocycles. The summed E-state index contributed by atoms with van der Waals surface area (Å²) in [5.74, 6) is 0. The van der Waals surface area contributed by atoms with Crippen molar-refractivity contribution in [1.29, 1.82) is 0 Å². The number of nitrogens with one attached hydrogen (secondary N) is 1. The highest BCUT2D eigenvalue weighted by Gasteiger charge is 2.11. The lowest BCUT2D eigenvalue weighted by molar-refractivity contribution is 0.578. The Morgan fingerprint density at radius 1 is 1.56 bits per heavy atom. The SMILES string of the molecule is CCn1nc(C)c(Br)c1CNCC(C)SC. The van der Waals surface area contributed by atoms with E-state index in [2.05, 4.69) is 51.1 Å². The lowest BCUT2D eigenvalue weighted by Gasteiger charge is -2.11. The molecule has 0 saturated carbocycles. The lowest BCUT2D eigenvalue weighted by atomic mass is 10.3. The number of nitrogens with zero attached hydrogens (tertiary/aromatic N) is 2. The van der Waals surface area contributed by atoms with Gasteiger partial charge in [-0.05, 0) is 36.0 Å². The van der Waals surface area contributed by atoms with Crippen molar-refractivity contribution in [2.75, 3.05) is 12.8 Å². The molecule has 0 fully saturated rings. The van der Waals surface area contributed by atoms with Gasteiger partial charge in [-0.25, -0.2) is 0 Å². The second-order valence-electron chi connectivity index (χ2n) is 3.84. The number of aromatic nitrogens is 2. The average Bonchev–Trinajstić information content (AvgIpc) is 2.56. The van der Waals surface area contributed by atoms with Gasteiger partial charge in [-0.3, -0.25) is 4.68 Å². The van der Waals surface area contributed by atoms with Crippen molar-refractivity contribution in [2.24, 2.45) is 0 Å². The Morgan fingerprint density at radius 2 is 2.25 bits per heavy atom. The Morgan fingerprint density at radius 3 is 2.81 bits per heavy atom. The number of aryl methyl sites for hydroxylation is 2. The van der Waals surface area contributed by atoms with Gasteiger partial charge in [0.15, 0.2) is 0 Å². The quantitative estimate of drug-likeness (QED) is 0.876. The van der Waals surface area contributed by atoms with Gasteiger partial charge < -0.3 is 5.32 Å². The highest BCUT2D eigenvalue weighted by Crippen LogP contribution is 2.20. The minimum atomic E-state index is 0.651. The molecule has 1 unspecified atom stereocenters. The van der Waals surface area contributed by atoms with E-state index in [9.17, 15) is 0 Å². The fourth-order valence-corrected chi connectivity index (χ4v) is 2.22. The first-order valence-electron chi connectivity index (χ1n) is 5.55. The molecule has 5 heteroatoms. The normalized spacial score (nSPS) is 13.1. The molecule has 3 nitrogen and oxygen atoms in total. The van der Waals surface area contributed by atoms with E-state index in [1.807, 2.05) is 18.7 Å². The molecule has 16 heavy (non-hydrogen) atoms. The maximum atomic E-state index is 4.47. The van der Waals surface area contributed by atoms with Crippen molar-refractivity contribution in [1.82, 2.24) is 15.1 Å². The smallest absolute Gasteiger partial charge is 0.0739 e. The van der Waals surface area contributed by atoms with Crippen molar-refractivity contribution in [2.45, 2.75) is 39.1 Å². The van der Waals surface area contributed by atoms with Crippen LogP contribution in [0.3, 0.4) is 0 Å². The second-order valence-corrected chi connectivity index (χ2v) is 5.91. The third-order valence-corrected chi connectivity index (χ3v) is 4.58. The standard InChI is InChI=1S/C11H20BrN3S/c1-5-15-10(11(12)9(3)14-15)7-13-6-8(2)16-4/h8,13H,5-7H2,1-4H3. The van der Waals surface area contributed by atoms with Crippen molar-refractivity contribution in [3.05, 3.63) is 15.9 Å². The summed E-state index contributed by atoms with van der Waals surface area (Å²) in [6.45, 7) is 9.20. The summed E-state index contributed by atoms with van der Waals surface area (Å²) in [7, 11) is 0. The highest BCUT2D eigenvalue weighted by molar-refractivity contribution is 9.10. The lowest BCUT2D eigenvalue weighted by Crippen LogP contribution is -2.23. The van der Waals surface area contributed by atoms with Crippen LogP contribution in [0.25, 0.3) is 0 Å². The molecule has 1 aromatic heterocycles. The minimum absolute atomic E-state index is 0.651. The molecule has 1 aromatic rings. The predicted molar refractivity (Wildman–Crippen MR) is 75.0 cm³/mol. The van der Waals surface area contributed by atoms with E-state index in [0.717, 1.165) is 29.8 Å². The molecular formula is C11H20BrN3S. The number of thioether (sulfide) groups is 1. The van der Waals surface area contributed by atoms with E-state index in [1.165, 1.54) is 5.69 Å². The molecule has 0 radical (unpaired) electrons. The van der Waals surface area contributed by atoms with E-state index < -0.39 is 0 Å². The largest absolute Gasteiger partial charge is 0.310 e. The van der Waals surface area contributed by atoms with Gasteiger partial charge in [-0.15, -0.1) is 0 Å². The molecule has 0 spiro atoms. The number of hydrogen-bond acceptors (Lipinski definition) is 3. The summed E-state index contributed by atoms with van der Waals surface area (Å²) in [6.07, 6.45) is 2.14. The van der Waals surface area contributed by atoms with Gasteiger partial charge in [0.2, 0.25) is 0 Å². The Kier molecular flexibility index (Phi) is 5.86. The van der Waals surface area contributed by atoms with Gasteiger partial charge >= 0.3 is 0 Å². The van der Waals surface area contributed by atoms with Crippen LogP contribution in [0, 0.1) is 6.92 Å². The van der Waals surface area contributed by atoms with E-state index in [1.54, 1.807) is 0 Å². The molecule has 0 saturated heterocycles. The van der Waals surface area contributed by atoms with E-state index >= 15 is 0 Å². The predicted octanol–water partition coefficient (Wildman–Crippen LogP) is 2.82. The van der Waals surface area contributed by atoms with Crippen LogP contribution in [-0.4, -0.2) is 27.8 Å². The molecule has 92 valence electrons. The summed E-state index contributed by atoms with van der Waals surface area (Å²) < 4.78 is 3.19. The molecule has 0 aliphatic heterocycles. The highest BCUT2D eigenvalue weighted by atomic mass is 79.9. The molecule has 0 aliphatic rings. The number of hydrogen-bond donors (Lipinski definition) is 1. The summed E-state index contributed by atoms with van der Waals surface area (Å²) in [6, 6.07) is 0. The summed E-state index contributed by atoms with van der Waals surface area (Å²) in [5, 5.41) is 8.59. The zero-order valence-corrected chi connectivity index (χ0v) is 12.8. The van der Waals surface area contributed by atoms with Crippen LogP contribution in [0.1, 0.15) is 25.2 Å². The molecule has 0 bridgehead atoms. The van der Waals surface area contributed by atoms with Crippen LogP contribution < -0.4 is 5.32 Å². The Labute approximate surface area is 110 Å². The zero-order valence-electron chi connectivity index (χ0n) is 10.4. The Hall–Kier alpha value is -0.0000000000000000555. The van der Waals surface area contributed by atoms with Crippen LogP contribution in [-0.2, 0) is 13.1 Å². The van der Waals surface area contributed by atoms with Gasteiger partial charge in [-0.1, -0.05) is 6.92 Å². The topological polar surface area (TPSA) is 29.9 Å². The average molecular weight is 306 g/mol. The Bertz CT molecular complexity index is 338. The molecule has 0 amide bonds. The Balaban J connectivity index is 2.59. The maximum Gasteiger partial charge on any atom is 0.0739 e. The van der Waals surface area contributed by atoms with Crippen molar-refractivity contribution >= 4 is 27.7 Å². The third kappa shape index (κ3) is 3.50. The molecule has 1 heterocycles. The molecule has 1 rings (SSSR count). The van der Waals surface area contributed by atoms with Crippen LogP contribution in [0.2, 0.25) is 0 Å². The monoisotopic (exact) mass is 305 g/mol. The van der Waals surface area contributed by atoms with E-state index in [-0.39, 0.29) is 0 Å². The van der Waals surface area contributed by atoms with Crippen molar-refractivity contribution in [3.63, 3.8) is 0 Å². The number of halogens is 1. The van der Waals surface area contributed by atoms with Crippen LogP contribution in [0.15, 0.2) is 4.47 Å². The first-order chi connectivity index (χ1) is 7.60. The zero-order chi connectivity index (χ0) is 12.1. The van der Waals surface area contributed by atoms with E-state index in [4.69, 9.17) is 0 Å². The van der Waals surface area contributed by atoms with Crippen LogP contribution in [0.5, 0.6) is 0 Å².